The highest BCUT2D eigenvalue weighted by Gasteiger charge is 2.29. The summed E-state index contributed by atoms with van der Waals surface area (Å²) in [5.41, 5.74) is 0. The maximum absolute atomic E-state index is 9.04. The van der Waals surface area contributed by atoms with E-state index in [0.717, 1.165) is 6.42 Å². The predicted molar refractivity (Wildman–Crippen MR) is 38.0 cm³/mol. The monoisotopic (exact) mass is 162 g/mol. The van der Waals surface area contributed by atoms with Crippen LogP contribution in [0.5, 0.6) is 0 Å². The van der Waals surface area contributed by atoms with E-state index in [1.54, 1.807) is 7.11 Å². The van der Waals surface area contributed by atoms with Crippen LogP contribution < -0.4 is 0 Å². The molecule has 0 aromatic rings. The van der Waals surface area contributed by atoms with Gasteiger partial charge in [-0.3, -0.25) is 0 Å². The quantitative estimate of drug-likeness (QED) is 0.574. The lowest BCUT2D eigenvalue weighted by Gasteiger charge is -2.32. The van der Waals surface area contributed by atoms with Gasteiger partial charge in [0.25, 0.3) is 0 Å². The molecule has 1 rings (SSSR count). The number of aliphatic hydroxyl groups excluding tert-OH is 2. The van der Waals surface area contributed by atoms with Gasteiger partial charge in [0.05, 0.1) is 12.7 Å². The minimum absolute atomic E-state index is 0.0802. The third-order valence-electron chi connectivity index (χ3n) is 1.93. The minimum Gasteiger partial charge on any atom is -0.394 e. The predicted octanol–water partition coefficient (Wildman–Crippen LogP) is -0.509. The fourth-order valence-electron chi connectivity index (χ4n) is 1.28. The van der Waals surface area contributed by atoms with Gasteiger partial charge in [0.15, 0.2) is 6.29 Å². The van der Waals surface area contributed by atoms with Crippen molar-refractivity contribution in [3.8, 4) is 0 Å². The Bertz CT molecular complexity index is 117. The molecule has 1 aliphatic heterocycles. The second kappa shape index (κ2) is 4.01. The molecule has 2 N–H and O–H groups in total. The van der Waals surface area contributed by atoms with E-state index in [1.807, 2.05) is 0 Å². The maximum atomic E-state index is 9.04. The molecule has 1 unspecified atom stereocenters. The average Bonchev–Trinajstić information content (AvgIpc) is 2.04. The summed E-state index contributed by atoms with van der Waals surface area (Å²) < 4.78 is 10.1. The van der Waals surface area contributed by atoms with Crippen molar-refractivity contribution in [2.24, 2.45) is 0 Å². The molecule has 4 heteroatoms. The number of rotatable bonds is 2. The Labute approximate surface area is 65.7 Å². The first-order valence-electron chi connectivity index (χ1n) is 3.75. The third-order valence-corrected chi connectivity index (χ3v) is 1.93. The van der Waals surface area contributed by atoms with Crippen molar-refractivity contribution in [1.82, 2.24) is 0 Å². The molecule has 0 aromatic carbocycles. The molecule has 0 radical (unpaired) electrons. The van der Waals surface area contributed by atoms with Crippen molar-refractivity contribution in [2.75, 3.05) is 13.7 Å². The van der Waals surface area contributed by atoms with Crippen molar-refractivity contribution in [3.63, 3.8) is 0 Å². The number of ether oxygens (including phenoxy) is 2. The van der Waals surface area contributed by atoms with Crippen LogP contribution in [0.1, 0.15) is 12.8 Å². The Hall–Kier alpha value is -0.160. The van der Waals surface area contributed by atoms with Crippen molar-refractivity contribution < 1.29 is 19.7 Å². The molecule has 66 valence electrons. The molecule has 0 amide bonds. The van der Waals surface area contributed by atoms with Crippen molar-refractivity contribution in [3.05, 3.63) is 0 Å². The van der Waals surface area contributed by atoms with Gasteiger partial charge in [-0.05, 0) is 6.42 Å². The first-order valence-corrected chi connectivity index (χ1v) is 3.75. The largest absolute Gasteiger partial charge is 0.394 e. The number of hydrogen-bond acceptors (Lipinski definition) is 4. The molecule has 0 saturated carbocycles. The molecule has 1 heterocycles. The van der Waals surface area contributed by atoms with E-state index in [4.69, 9.17) is 19.7 Å². The fraction of sp³-hybridized carbons (Fsp3) is 1.00. The van der Waals surface area contributed by atoms with Gasteiger partial charge >= 0.3 is 0 Å². The number of hydrogen-bond donors (Lipinski definition) is 2. The molecular weight excluding hydrogens is 148 g/mol. The lowest BCUT2D eigenvalue weighted by molar-refractivity contribution is -0.213. The van der Waals surface area contributed by atoms with Crippen LogP contribution >= 0.6 is 0 Å². The van der Waals surface area contributed by atoms with Crippen LogP contribution in [0.25, 0.3) is 0 Å². The highest BCUT2D eigenvalue weighted by Crippen LogP contribution is 2.19. The van der Waals surface area contributed by atoms with E-state index in [9.17, 15) is 0 Å². The van der Waals surface area contributed by atoms with Gasteiger partial charge in [-0.15, -0.1) is 0 Å². The Kier molecular flexibility index (Phi) is 3.26. The second-order valence-electron chi connectivity index (χ2n) is 2.66. The van der Waals surface area contributed by atoms with Gasteiger partial charge in [0.1, 0.15) is 6.10 Å². The Morgan fingerprint density at radius 3 is 2.82 bits per heavy atom. The van der Waals surface area contributed by atoms with Gasteiger partial charge in [0.2, 0.25) is 0 Å². The standard InChI is InChI=1S/C7H14O4/c1-10-5-2-3-7(9)11-6(5)4-8/h5-9H,2-4H2,1H3/t5-,6?,7-/m0/s1. The van der Waals surface area contributed by atoms with Crippen LogP contribution in [0.4, 0.5) is 0 Å². The van der Waals surface area contributed by atoms with Crippen LogP contribution in [0.3, 0.4) is 0 Å². The summed E-state index contributed by atoms with van der Waals surface area (Å²) >= 11 is 0. The van der Waals surface area contributed by atoms with E-state index in [-0.39, 0.29) is 18.8 Å². The smallest absolute Gasteiger partial charge is 0.155 e. The molecule has 11 heavy (non-hydrogen) atoms. The number of methoxy groups -OCH3 is 1. The van der Waals surface area contributed by atoms with Crippen LogP contribution in [0.15, 0.2) is 0 Å². The van der Waals surface area contributed by atoms with E-state index in [0.29, 0.717) is 6.42 Å². The fourth-order valence-corrected chi connectivity index (χ4v) is 1.28. The SMILES string of the molecule is CO[C@H]1CC[C@@H](O)OC1CO. The van der Waals surface area contributed by atoms with Crippen molar-refractivity contribution in [2.45, 2.75) is 31.3 Å². The van der Waals surface area contributed by atoms with Crippen LogP contribution in [-0.2, 0) is 9.47 Å². The molecule has 1 fully saturated rings. The molecule has 0 spiro atoms. The van der Waals surface area contributed by atoms with Crippen LogP contribution in [0, 0.1) is 0 Å². The summed E-state index contributed by atoms with van der Waals surface area (Å²) in [4.78, 5) is 0. The highest BCUT2D eigenvalue weighted by molar-refractivity contribution is 4.75. The van der Waals surface area contributed by atoms with E-state index < -0.39 is 6.29 Å². The minimum atomic E-state index is -0.737. The van der Waals surface area contributed by atoms with E-state index in [1.165, 1.54) is 0 Å². The van der Waals surface area contributed by atoms with Gasteiger partial charge in [0, 0.05) is 13.5 Å². The normalized spacial score (nSPS) is 39.0. The summed E-state index contributed by atoms with van der Waals surface area (Å²) in [5, 5.41) is 17.8. The van der Waals surface area contributed by atoms with Gasteiger partial charge in [-0.1, -0.05) is 0 Å². The summed E-state index contributed by atoms with van der Waals surface area (Å²) in [6.45, 7) is -0.102. The highest BCUT2D eigenvalue weighted by atomic mass is 16.6. The van der Waals surface area contributed by atoms with Crippen molar-refractivity contribution >= 4 is 0 Å². The second-order valence-corrected chi connectivity index (χ2v) is 2.66. The Morgan fingerprint density at radius 1 is 1.55 bits per heavy atom. The zero-order valence-corrected chi connectivity index (χ0v) is 6.56. The van der Waals surface area contributed by atoms with Gasteiger partial charge in [-0.25, -0.2) is 0 Å². The first-order chi connectivity index (χ1) is 5.27. The summed E-state index contributed by atoms with van der Waals surface area (Å²) in [6, 6.07) is 0. The summed E-state index contributed by atoms with van der Waals surface area (Å²) in [5.74, 6) is 0. The first kappa shape index (κ1) is 8.93. The molecule has 4 nitrogen and oxygen atoms in total. The van der Waals surface area contributed by atoms with Crippen molar-refractivity contribution in [1.29, 1.82) is 0 Å². The molecule has 0 aromatic heterocycles. The molecule has 1 saturated heterocycles. The number of aliphatic hydroxyl groups is 2. The molecule has 0 bridgehead atoms. The molecular formula is C7H14O4. The van der Waals surface area contributed by atoms with Gasteiger partial charge < -0.3 is 19.7 Å². The lowest BCUT2D eigenvalue weighted by Crippen LogP contribution is -2.42. The average molecular weight is 162 g/mol. The molecule has 1 aliphatic rings. The van der Waals surface area contributed by atoms with Gasteiger partial charge in [-0.2, -0.15) is 0 Å². The Balaban J connectivity index is 2.41. The van der Waals surface area contributed by atoms with E-state index in [2.05, 4.69) is 0 Å². The van der Waals surface area contributed by atoms with E-state index >= 15 is 0 Å². The molecule has 3 atom stereocenters. The summed E-state index contributed by atoms with van der Waals surface area (Å²) in [6.07, 6.45) is 0.128. The molecule has 0 aliphatic carbocycles. The third kappa shape index (κ3) is 2.13. The zero-order chi connectivity index (χ0) is 8.27. The maximum Gasteiger partial charge on any atom is 0.155 e. The topological polar surface area (TPSA) is 58.9 Å². The zero-order valence-electron chi connectivity index (χ0n) is 6.56. The lowest BCUT2D eigenvalue weighted by atomic mass is 10.1. The van der Waals surface area contributed by atoms with Crippen LogP contribution in [-0.4, -0.2) is 42.4 Å². The summed E-state index contributed by atoms with van der Waals surface area (Å²) in [7, 11) is 1.58. The Morgan fingerprint density at radius 2 is 2.27 bits per heavy atom. The van der Waals surface area contributed by atoms with Crippen LogP contribution in [0.2, 0.25) is 0 Å².